The van der Waals surface area contributed by atoms with Crippen LogP contribution >= 0.6 is 0 Å². The largest absolute Gasteiger partial charge is 0.426 e. The topological polar surface area (TPSA) is 55.0 Å². The first kappa shape index (κ1) is 15.6. The van der Waals surface area contributed by atoms with Crippen LogP contribution in [0.25, 0.3) is 32.7 Å². The number of nitrogens with one attached hydrogen (secondary N) is 1. The summed E-state index contributed by atoms with van der Waals surface area (Å²) in [6.07, 6.45) is 0. The van der Waals surface area contributed by atoms with Gasteiger partial charge in [-0.3, -0.25) is 4.79 Å². The fourth-order valence-corrected chi connectivity index (χ4v) is 3.71. The summed E-state index contributed by atoms with van der Waals surface area (Å²) in [5.74, 6) is 0.320. The first-order valence-electron chi connectivity index (χ1n) is 8.39. The van der Waals surface area contributed by atoms with Gasteiger partial charge in [0, 0.05) is 34.3 Å². The van der Waals surface area contributed by atoms with E-state index in [4.69, 9.17) is 9.72 Å². The van der Waals surface area contributed by atoms with E-state index in [1.54, 1.807) is 0 Å². The number of aromatic amines is 1. The fraction of sp³-hybridized carbons (Fsp3) is 0.238. The molecule has 4 nitrogen and oxygen atoms in total. The van der Waals surface area contributed by atoms with Crippen molar-refractivity contribution >= 4 is 38.7 Å². The van der Waals surface area contributed by atoms with E-state index in [1.165, 1.54) is 6.92 Å². The van der Waals surface area contributed by atoms with Crippen LogP contribution in [0.1, 0.15) is 29.3 Å². The smallest absolute Gasteiger partial charge is 0.308 e. The Morgan fingerprint density at radius 1 is 1.00 bits per heavy atom. The predicted molar refractivity (Wildman–Crippen MR) is 101 cm³/mol. The zero-order valence-corrected chi connectivity index (χ0v) is 15.1. The summed E-state index contributed by atoms with van der Waals surface area (Å²) in [5, 5.41) is 3.25. The molecular formula is C21H20N2O2. The third kappa shape index (κ3) is 2.14. The van der Waals surface area contributed by atoms with Gasteiger partial charge < -0.3 is 9.72 Å². The summed E-state index contributed by atoms with van der Waals surface area (Å²) >= 11 is 0. The number of carbonyl (C=O) groups excluding carboxylic acids is 1. The van der Waals surface area contributed by atoms with Crippen molar-refractivity contribution in [2.75, 3.05) is 0 Å². The van der Waals surface area contributed by atoms with E-state index in [1.807, 2.05) is 39.0 Å². The zero-order valence-electron chi connectivity index (χ0n) is 15.1. The van der Waals surface area contributed by atoms with Crippen LogP contribution in [0.4, 0.5) is 0 Å². The van der Waals surface area contributed by atoms with Crippen molar-refractivity contribution in [2.45, 2.75) is 34.6 Å². The first-order valence-corrected chi connectivity index (χ1v) is 8.39. The van der Waals surface area contributed by atoms with Gasteiger partial charge >= 0.3 is 5.97 Å². The predicted octanol–water partition coefficient (Wildman–Crippen LogP) is 5.03. The third-order valence-electron chi connectivity index (χ3n) is 5.06. The van der Waals surface area contributed by atoms with Crippen molar-refractivity contribution in [3.05, 3.63) is 46.6 Å². The maximum absolute atomic E-state index is 11.7. The number of carbonyl (C=O) groups is 1. The number of hydrogen-bond acceptors (Lipinski definition) is 3. The number of H-pyrrole nitrogens is 1. The second kappa shape index (κ2) is 5.31. The Balaban J connectivity index is 2.28. The van der Waals surface area contributed by atoms with Crippen molar-refractivity contribution in [1.82, 2.24) is 9.97 Å². The molecule has 0 radical (unpaired) electrons. The fourth-order valence-electron chi connectivity index (χ4n) is 3.71. The summed E-state index contributed by atoms with van der Waals surface area (Å²) in [5.41, 5.74) is 7.05. The number of benzene rings is 2. The number of aromatic nitrogens is 2. The molecule has 4 heteroatoms. The molecule has 0 aliphatic carbocycles. The number of rotatable bonds is 1. The minimum Gasteiger partial charge on any atom is -0.426 e. The second-order valence-corrected chi connectivity index (χ2v) is 6.65. The molecule has 0 aliphatic rings. The highest BCUT2D eigenvalue weighted by Gasteiger charge is 2.20. The molecule has 0 bridgehead atoms. The molecule has 0 unspecified atom stereocenters. The minimum atomic E-state index is -0.312. The molecule has 0 saturated carbocycles. The molecule has 1 N–H and O–H groups in total. The molecule has 2 aromatic carbocycles. The average Bonchev–Trinajstić information content (AvgIpc) is 2.96. The van der Waals surface area contributed by atoms with Crippen molar-refractivity contribution in [3.63, 3.8) is 0 Å². The Labute approximate surface area is 145 Å². The second-order valence-electron chi connectivity index (χ2n) is 6.65. The van der Waals surface area contributed by atoms with Gasteiger partial charge in [0.15, 0.2) is 0 Å². The molecule has 4 rings (SSSR count). The van der Waals surface area contributed by atoms with Gasteiger partial charge in [-0.2, -0.15) is 0 Å². The van der Waals surface area contributed by atoms with E-state index in [0.29, 0.717) is 5.75 Å². The number of nitrogens with zero attached hydrogens (tertiary/aromatic N) is 1. The molecule has 126 valence electrons. The lowest BCUT2D eigenvalue weighted by atomic mass is 9.96. The summed E-state index contributed by atoms with van der Waals surface area (Å²) in [6, 6.07) is 8.18. The average molecular weight is 332 g/mol. The van der Waals surface area contributed by atoms with Crippen LogP contribution in [-0.4, -0.2) is 15.9 Å². The van der Waals surface area contributed by atoms with Gasteiger partial charge in [0.2, 0.25) is 0 Å². The number of hydrogen-bond donors (Lipinski definition) is 1. The zero-order chi connectivity index (χ0) is 17.9. The first-order chi connectivity index (χ1) is 11.9. The van der Waals surface area contributed by atoms with Gasteiger partial charge in [0.1, 0.15) is 5.75 Å². The van der Waals surface area contributed by atoms with Gasteiger partial charge in [-0.15, -0.1) is 0 Å². The van der Waals surface area contributed by atoms with Crippen molar-refractivity contribution in [2.24, 2.45) is 0 Å². The SMILES string of the molecule is CC(=O)Oc1c(C)c(C)[nH]c2c(C)c3c(nc4ccccc43)c(C)c12. The van der Waals surface area contributed by atoms with E-state index in [0.717, 1.165) is 55.1 Å². The summed E-state index contributed by atoms with van der Waals surface area (Å²) < 4.78 is 5.61. The Morgan fingerprint density at radius 2 is 1.72 bits per heavy atom. The van der Waals surface area contributed by atoms with Gasteiger partial charge in [-0.25, -0.2) is 4.98 Å². The quantitative estimate of drug-likeness (QED) is 0.497. The molecule has 4 aromatic rings. The van der Waals surface area contributed by atoms with Crippen LogP contribution in [0.3, 0.4) is 0 Å². The van der Waals surface area contributed by atoms with Crippen molar-refractivity contribution < 1.29 is 9.53 Å². The van der Waals surface area contributed by atoms with Gasteiger partial charge in [0.25, 0.3) is 0 Å². The summed E-state index contributed by atoms with van der Waals surface area (Å²) in [7, 11) is 0. The number of esters is 1. The van der Waals surface area contributed by atoms with Crippen molar-refractivity contribution in [3.8, 4) is 5.75 Å². The van der Waals surface area contributed by atoms with E-state index in [-0.39, 0.29) is 5.97 Å². The highest BCUT2D eigenvalue weighted by Crippen LogP contribution is 2.41. The molecule has 0 amide bonds. The maximum Gasteiger partial charge on any atom is 0.308 e. The van der Waals surface area contributed by atoms with Crippen LogP contribution in [0, 0.1) is 27.7 Å². The van der Waals surface area contributed by atoms with Gasteiger partial charge in [-0.1, -0.05) is 18.2 Å². The lowest BCUT2D eigenvalue weighted by Crippen LogP contribution is -2.06. The Hall–Kier alpha value is -2.88. The Kier molecular flexibility index (Phi) is 3.32. The molecule has 0 spiro atoms. The number of pyridine rings is 1. The minimum absolute atomic E-state index is 0.312. The molecule has 0 fully saturated rings. The molecule has 0 saturated heterocycles. The van der Waals surface area contributed by atoms with E-state index in [9.17, 15) is 4.79 Å². The monoisotopic (exact) mass is 332 g/mol. The molecule has 0 aliphatic heterocycles. The lowest BCUT2D eigenvalue weighted by Gasteiger charge is -2.17. The highest BCUT2D eigenvalue weighted by atomic mass is 16.5. The van der Waals surface area contributed by atoms with Gasteiger partial charge in [-0.05, 0) is 44.9 Å². The highest BCUT2D eigenvalue weighted by molar-refractivity contribution is 6.16. The molecular weight excluding hydrogens is 312 g/mol. The molecule has 2 aromatic heterocycles. The molecule has 0 atom stereocenters. The van der Waals surface area contributed by atoms with Crippen LogP contribution in [0.15, 0.2) is 24.3 Å². The maximum atomic E-state index is 11.7. The third-order valence-corrected chi connectivity index (χ3v) is 5.06. The van der Waals surface area contributed by atoms with E-state index < -0.39 is 0 Å². The van der Waals surface area contributed by atoms with Crippen molar-refractivity contribution in [1.29, 1.82) is 0 Å². The van der Waals surface area contributed by atoms with E-state index in [2.05, 4.69) is 18.0 Å². The van der Waals surface area contributed by atoms with Crippen LogP contribution < -0.4 is 4.74 Å². The van der Waals surface area contributed by atoms with Crippen LogP contribution in [-0.2, 0) is 4.79 Å². The summed E-state index contributed by atoms with van der Waals surface area (Å²) in [4.78, 5) is 20.0. The Bertz CT molecular complexity index is 1190. The normalized spacial score (nSPS) is 11.6. The number of para-hydroxylation sites is 1. The standard InChI is InChI=1S/C21H20N2O2/c1-10-13(4)22-20-11(2)17-15-8-6-7-9-16(15)23-19(17)12(3)18(20)21(10)25-14(5)24/h6-9,22H,1-5H3. The summed E-state index contributed by atoms with van der Waals surface area (Å²) in [6.45, 7) is 9.55. The molecule has 2 heterocycles. The number of aryl methyl sites for hydroxylation is 3. The van der Waals surface area contributed by atoms with Crippen LogP contribution in [0.5, 0.6) is 5.75 Å². The number of ether oxygens (including phenoxy) is 1. The molecule has 25 heavy (non-hydrogen) atoms. The van der Waals surface area contributed by atoms with Crippen LogP contribution in [0.2, 0.25) is 0 Å². The van der Waals surface area contributed by atoms with Gasteiger partial charge in [0.05, 0.1) is 16.6 Å². The van der Waals surface area contributed by atoms with E-state index >= 15 is 0 Å². The lowest BCUT2D eigenvalue weighted by molar-refractivity contribution is -0.131. The Morgan fingerprint density at radius 3 is 2.44 bits per heavy atom. The number of fused-ring (bicyclic) bond motifs is 4.